The average molecular weight is 2120 g/mol. The number of aliphatic hydroxyl groups excluding tert-OH is 3. The lowest BCUT2D eigenvalue weighted by Crippen LogP contribution is -2.42. The average Bonchev–Trinajstić information content (AvgIpc) is 1.61. The van der Waals surface area contributed by atoms with Crippen LogP contribution in [-0.4, -0.2) is 154 Å². The van der Waals surface area contributed by atoms with Gasteiger partial charge in [-0.2, -0.15) is 57.5 Å². The highest BCUT2D eigenvalue weighted by Gasteiger charge is 2.29. The third kappa shape index (κ3) is 23.5. The summed E-state index contributed by atoms with van der Waals surface area (Å²) in [5, 5.41) is 94.1. The van der Waals surface area contributed by atoms with Gasteiger partial charge < -0.3 is 67.4 Å². The van der Waals surface area contributed by atoms with Crippen LogP contribution in [0.15, 0.2) is 255 Å². The molecule has 40 heteroatoms. The van der Waals surface area contributed by atoms with Gasteiger partial charge in [0.05, 0.1) is 84.0 Å². The summed E-state index contributed by atoms with van der Waals surface area (Å²) in [6.45, 7) is 12.5. The second kappa shape index (κ2) is 44.9. The van der Waals surface area contributed by atoms with Gasteiger partial charge in [0.15, 0.2) is 58.7 Å². The summed E-state index contributed by atoms with van der Waals surface area (Å²) in [5.41, 5.74) is 12.2. The van der Waals surface area contributed by atoms with Crippen molar-refractivity contribution < 1.29 is 29.2 Å². The minimum absolute atomic E-state index is 0.117. The maximum Gasteiger partial charge on any atom is 0.187 e. The monoisotopic (exact) mass is 2110 g/mol. The molecule has 0 amide bonds. The third-order valence-corrected chi connectivity index (χ3v) is 25.5. The zero-order chi connectivity index (χ0) is 92.1. The molecule has 2 unspecified atom stereocenters. The molecule has 17 heterocycles. The van der Waals surface area contributed by atoms with E-state index >= 15 is 0 Å². The molecule has 9 N–H and O–H groups in total. The molecular weight excluding hydrogens is 2020 g/mol. The first-order chi connectivity index (χ1) is 65.0. The van der Waals surface area contributed by atoms with Crippen LogP contribution in [0.5, 0.6) is 0 Å². The predicted octanol–water partition coefficient (Wildman–Crippen LogP) is 17.1. The van der Waals surface area contributed by atoms with Crippen LogP contribution < -0.4 is 51.2 Å². The number of hydrogen-bond acceptors (Lipinski definition) is 26. The molecule has 2 saturated heterocycles. The summed E-state index contributed by atoms with van der Waals surface area (Å²) in [6, 6.07) is 42.9. The SMILES string of the molecule is OCC1CCCCN1c1cc(NCc2cccnc2)n2ncc(Br)c2n1.OCCC1CCCCN1c1cc(NCc2cccnc2)n2ncc(Br)c2n1.OC[C@H]1CCCC[C@H]1Nc1cc(NCc2cccnc2)n2ncc(Br)c2n1.[C-]#[N+]c1cccc(-c2cc(NCc3ccc[n+]([O-])c3)n3ncc(Br)c3n2)c1.[O-][n+]1cccc(CNc2cc(-c3ccc(F)cc3)nc3c(Br)cnn23)c1. The number of aliphatic hydroxyl groups is 3. The molecule has 682 valence electrons. The van der Waals surface area contributed by atoms with Crippen molar-refractivity contribution in [2.24, 2.45) is 5.92 Å². The zero-order valence-corrected chi connectivity index (χ0v) is 79.7. The number of fused-ring (bicyclic) bond motifs is 5. The molecule has 2 aliphatic heterocycles. The molecule has 1 saturated carbocycles. The first-order valence-corrected chi connectivity index (χ1v) is 47.3. The number of benzene rings is 2. The van der Waals surface area contributed by atoms with E-state index in [2.05, 4.69) is 183 Å². The Balaban J connectivity index is 0.000000121. The van der Waals surface area contributed by atoms with E-state index in [0.717, 1.165) is 199 Å². The van der Waals surface area contributed by atoms with E-state index in [1.165, 1.54) is 56.2 Å². The number of pyridine rings is 5. The van der Waals surface area contributed by atoms with Crippen molar-refractivity contribution >= 4 is 160 Å². The molecule has 15 aromatic heterocycles. The van der Waals surface area contributed by atoms with Gasteiger partial charge in [-0.3, -0.25) is 15.0 Å². The number of halogens is 6. The van der Waals surface area contributed by atoms with Gasteiger partial charge in [0.1, 0.15) is 52.4 Å². The van der Waals surface area contributed by atoms with E-state index < -0.39 is 0 Å². The second-order valence-corrected chi connectivity index (χ2v) is 36.0. The lowest BCUT2D eigenvalue weighted by atomic mass is 9.85. The van der Waals surface area contributed by atoms with E-state index in [0.29, 0.717) is 67.3 Å². The number of hydrogen-bond donors (Lipinski definition) is 9. The fourth-order valence-corrected chi connectivity index (χ4v) is 17.8. The zero-order valence-electron chi connectivity index (χ0n) is 71.8. The molecule has 2 aromatic carbocycles. The third-order valence-electron chi connectivity index (χ3n) is 22.7. The van der Waals surface area contributed by atoms with Gasteiger partial charge in [0, 0.05) is 173 Å². The lowest BCUT2D eigenvalue weighted by molar-refractivity contribution is -0.606. The number of nitrogens with one attached hydrogen (secondary N) is 6. The number of aromatic nitrogens is 20. The van der Waals surface area contributed by atoms with Crippen molar-refractivity contribution in [3.05, 3.63) is 310 Å². The van der Waals surface area contributed by atoms with E-state index in [1.54, 1.807) is 104 Å². The van der Waals surface area contributed by atoms with Crippen molar-refractivity contribution in [1.82, 2.24) is 87.9 Å². The van der Waals surface area contributed by atoms with Gasteiger partial charge in [-0.1, -0.05) is 49.2 Å². The highest BCUT2D eigenvalue weighted by atomic mass is 79.9. The van der Waals surface area contributed by atoms with Crippen molar-refractivity contribution in [3.63, 3.8) is 0 Å². The highest BCUT2D eigenvalue weighted by Crippen LogP contribution is 2.36. The molecule has 0 bridgehead atoms. The molecule has 20 rings (SSSR count). The standard InChI is InChI=1S/C19H13BrN6O.2C19H23BrN6O.C18H13BrFN5O.C18H21BrN6O/c1-21-15-6-2-5-14(8-15)17-9-18(26-19(24-17)16(20)11-23-26)22-10-13-4-3-7-25(27)12-13;20-16-13-23-26-17(22-12-14-4-3-7-21-11-14)10-18(24-19(16)26)25-8-2-1-5-15(25)6-9-27;20-15-11-23-26-18(22-10-13-4-3-7-21-9-13)8-17(25-19(15)26)24-16-6-2-1-5-14(16)12-27;19-15-10-22-25-17(21-9-12-2-1-7-24(26)11-12)8-16(23-18(15)25)13-3-5-14(20)6-4-13;19-15-11-22-25-16(21-10-13-4-3-6-20-9-13)8-17(23-18(15)25)24-7-2-1-5-14(24)12-26/h2-9,11-12,22H,10H2;3-4,7,10-11,13,15,22,27H,1-2,5-6,8-9,12H2;3-4,7-9,11,14,16,22,27H,1-2,5-6,10,12H2,(H,24,25);1-8,10-11,21H,9H2;3-4,6,8-9,11,14,21,26H,1-2,5,7,10,12H2/t;;14-,16-;;/m..1../s1. The van der Waals surface area contributed by atoms with Crippen LogP contribution in [-0.2, 0) is 32.7 Å². The fraction of sp³-hybridized carbons (Fsp3) is 0.269. The summed E-state index contributed by atoms with van der Waals surface area (Å²) in [5.74, 6) is 6.61. The number of rotatable bonds is 25. The molecule has 17 aromatic rings. The van der Waals surface area contributed by atoms with E-state index in [-0.39, 0.29) is 43.6 Å². The van der Waals surface area contributed by atoms with Crippen LogP contribution in [0.25, 0.3) is 55.6 Å². The van der Waals surface area contributed by atoms with Crippen LogP contribution in [0.1, 0.15) is 98.4 Å². The van der Waals surface area contributed by atoms with Gasteiger partial charge in [0.25, 0.3) is 0 Å². The van der Waals surface area contributed by atoms with Crippen LogP contribution in [0, 0.1) is 28.7 Å². The molecule has 0 radical (unpaired) electrons. The smallest absolute Gasteiger partial charge is 0.187 e. The summed E-state index contributed by atoms with van der Waals surface area (Å²) < 4.78 is 27.6. The van der Waals surface area contributed by atoms with E-state index in [9.17, 15) is 30.1 Å². The van der Waals surface area contributed by atoms with Crippen molar-refractivity contribution in [2.45, 2.75) is 121 Å². The Hall–Kier alpha value is -13.0. The number of nitrogens with zero attached hydrogens (tertiary/aromatic N) is 23. The van der Waals surface area contributed by atoms with Crippen molar-refractivity contribution in [2.75, 3.05) is 74.6 Å². The van der Waals surface area contributed by atoms with Crippen LogP contribution in [0.3, 0.4) is 0 Å². The molecule has 0 spiro atoms. The Labute approximate surface area is 806 Å². The Bertz CT molecular complexity index is 6820. The summed E-state index contributed by atoms with van der Waals surface area (Å²) in [7, 11) is 0. The topological polar surface area (TPSA) is 387 Å². The second-order valence-electron chi connectivity index (χ2n) is 31.7. The fourth-order valence-electron chi connectivity index (χ4n) is 16.0. The highest BCUT2D eigenvalue weighted by molar-refractivity contribution is 9.11. The Morgan fingerprint density at radius 1 is 0.421 bits per heavy atom. The summed E-state index contributed by atoms with van der Waals surface area (Å²) in [6.07, 6.45) is 37.3. The maximum atomic E-state index is 13.2. The summed E-state index contributed by atoms with van der Waals surface area (Å²) in [4.78, 5) is 44.1. The normalized spacial score (nSPS) is 15.3. The Kier molecular flexibility index (Phi) is 31.5. The lowest BCUT2D eigenvalue weighted by Gasteiger charge is -2.36. The van der Waals surface area contributed by atoms with E-state index in [1.807, 2.05) is 108 Å². The Morgan fingerprint density at radius 2 is 0.835 bits per heavy atom. The van der Waals surface area contributed by atoms with Crippen LogP contribution in [0.2, 0.25) is 0 Å². The van der Waals surface area contributed by atoms with Gasteiger partial charge in [0.2, 0.25) is 0 Å². The Morgan fingerprint density at radius 3 is 1.28 bits per heavy atom. The van der Waals surface area contributed by atoms with Crippen LogP contribution in [0.4, 0.5) is 56.6 Å². The maximum absolute atomic E-state index is 13.2. The van der Waals surface area contributed by atoms with Crippen molar-refractivity contribution in [3.8, 4) is 22.5 Å². The molecule has 3 aliphatic rings. The minimum atomic E-state index is -0.297. The molecule has 3 fully saturated rings. The van der Waals surface area contributed by atoms with Gasteiger partial charge in [-0.05, 0) is 220 Å². The van der Waals surface area contributed by atoms with E-state index in [4.69, 9.17) is 21.5 Å². The summed E-state index contributed by atoms with van der Waals surface area (Å²) >= 11 is 17.5. The molecule has 4 atom stereocenters. The van der Waals surface area contributed by atoms with Gasteiger partial charge >= 0.3 is 0 Å². The van der Waals surface area contributed by atoms with Gasteiger partial charge in [-0.25, -0.2) is 34.2 Å². The van der Waals surface area contributed by atoms with Gasteiger partial charge in [-0.15, -0.1) is 0 Å². The van der Waals surface area contributed by atoms with Crippen LogP contribution >= 0.6 is 79.6 Å². The quantitative estimate of drug-likeness (QED) is 0.0146. The predicted molar refractivity (Wildman–Crippen MR) is 526 cm³/mol. The molecular formula is C93H93Br5FN29O5. The molecule has 133 heavy (non-hydrogen) atoms. The van der Waals surface area contributed by atoms with Crippen molar-refractivity contribution in [1.29, 1.82) is 0 Å². The first kappa shape index (κ1) is 93.2. The minimum Gasteiger partial charge on any atom is -0.619 e. The molecule has 34 nitrogen and oxygen atoms in total. The number of piperidine rings is 2. The largest absolute Gasteiger partial charge is 0.619 e. The first-order valence-electron chi connectivity index (χ1n) is 43.3. The molecule has 1 aliphatic carbocycles. The number of anilines is 8.